The van der Waals surface area contributed by atoms with E-state index in [-0.39, 0.29) is 66.6 Å². The van der Waals surface area contributed by atoms with Crippen molar-refractivity contribution < 1.29 is 9.53 Å². The number of halogens is 2. The standard InChI is InChI=1S/C23H28N6O3.2ClH/c1-15-17(12-20(30)25-2)11-19(24)22(28-15)29-18(14-32-3)13-27-21(23(29)31)26-10-9-16-7-5-4-6-8-16;;/h4-8,11,13H,9-10,12,14,24H2,1-3H3,(H,25,30)(H,26,27);2*1H. The Bertz CT molecular complexity index is 1160. The highest BCUT2D eigenvalue weighted by Gasteiger charge is 2.18. The summed E-state index contributed by atoms with van der Waals surface area (Å²) in [5, 5.41) is 5.70. The van der Waals surface area contributed by atoms with E-state index in [9.17, 15) is 9.59 Å². The quantitative estimate of drug-likeness (QED) is 0.405. The van der Waals surface area contributed by atoms with Crippen LogP contribution >= 0.6 is 24.8 Å². The predicted molar refractivity (Wildman–Crippen MR) is 138 cm³/mol. The molecule has 3 rings (SSSR count). The van der Waals surface area contributed by atoms with Gasteiger partial charge in [0.25, 0.3) is 5.56 Å². The number of aryl methyl sites for hydroxylation is 1. The lowest BCUT2D eigenvalue weighted by Gasteiger charge is -2.17. The molecule has 3 aromatic rings. The van der Waals surface area contributed by atoms with Crippen molar-refractivity contribution >= 4 is 42.2 Å². The van der Waals surface area contributed by atoms with E-state index in [1.807, 2.05) is 30.3 Å². The van der Waals surface area contributed by atoms with Gasteiger partial charge in [0.15, 0.2) is 11.6 Å². The first kappa shape index (κ1) is 28.9. The highest BCUT2D eigenvalue weighted by molar-refractivity contribution is 5.85. The molecule has 0 fully saturated rings. The second-order valence-corrected chi connectivity index (χ2v) is 7.33. The van der Waals surface area contributed by atoms with Gasteiger partial charge >= 0.3 is 0 Å². The highest BCUT2D eigenvalue weighted by Crippen LogP contribution is 2.20. The zero-order valence-electron chi connectivity index (χ0n) is 19.3. The molecule has 0 aliphatic carbocycles. The van der Waals surface area contributed by atoms with Crippen molar-refractivity contribution in [3.63, 3.8) is 0 Å². The molecular formula is C23H30Cl2N6O3. The molecule has 2 aromatic heterocycles. The predicted octanol–water partition coefficient (Wildman–Crippen LogP) is 2.45. The molecule has 0 radical (unpaired) electrons. The second kappa shape index (κ2) is 13.5. The Labute approximate surface area is 211 Å². The van der Waals surface area contributed by atoms with Crippen molar-refractivity contribution in [2.45, 2.75) is 26.4 Å². The topological polar surface area (TPSA) is 124 Å². The van der Waals surface area contributed by atoms with E-state index in [2.05, 4.69) is 20.6 Å². The lowest BCUT2D eigenvalue weighted by atomic mass is 10.1. The van der Waals surface area contributed by atoms with Gasteiger partial charge in [0.1, 0.15) is 0 Å². The van der Waals surface area contributed by atoms with E-state index in [0.29, 0.717) is 23.5 Å². The minimum absolute atomic E-state index is 0. The van der Waals surface area contributed by atoms with Gasteiger partial charge in [-0.25, -0.2) is 9.97 Å². The Hall–Kier alpha value is -3.14. The van der Waals surface area contributed by atoms with E-state index in [4.69, 9.17) is 10.5 Å². The fraction of sp³-hybridized carbons (Fsp3) is 0.304. The van der Waals surface area contributed by atoms with Crippen molar-refractivity contribution in [3.05, 3.63) is 75.5 Å². The van der Waals surface area contributed by atoms with Crippen LogP contribution in [0.3, 0.4) is 0 Å². The molecule has 0 spiro atoms. The number of nitrogens with one attached hydrogen (secondary N) is 2. The van der Waals surface area contributed by atoms with Crippen molar-refractivity contribution in [2.24, 2.45) is 0 Å². The number of aromatic nitrogens is 3. The summed E-state index contributed by atoms with van der Waals surface area (Å²) in [6.07, 6.45) is 2.47. The maximum Gasteiger partial charge on any atom is 0.299 e. The second-order valence-electron chi connectivity index (χ2n) is 7.33. The lowest BCUT2D eigenvalue weighted by Crippen LogP contribution is -2.29. The van der Waals surface area contributed by atoms with Crippen LogP contribution in [0, 0.1) is 6.92 Å². The van der Waals surface area contributed by atoms with Gasteiger partial charge in [0.2, 0.25) is 5.91 Å². The van der Waals surface area contributed by atoms with Crippen LogP contribution in [0.15, 0.2) is 47.4 Å². The average molecular weight is 509 g/mol. The van der Waals surface area contributed by atoms with Crippen molar-refractivity contribution in [2.75, 3.05) is 31.8 Å². The Morgan fingerprint density at radius 3 is 2.56 bits per heavy atom. The molecule has 0 aliphatic heterocycles. The molecule has 184 valence electrons. The number of hydrogen-bond donors (Lipinski definition) is 3. The number of nitrogens with zero attached hydrogens (tertiary/aromatic N) is 3. The minimum Gasteiger partial charge on any atom is -0.396 e. The van der Waals surface area contributed by atoms with Gasteiger partial charge in [-0.3, -0.25) is 14.2 Å². The first-order valence-electron chi connectivity index (χ1n) is 10.3. The summed E-state index contributed by atoms with van der Waals surface area (Å²) in [5.41, 5.74) is 9.17. The number of nitrogen functional groups attached to an aromatic ring is 1. The number of rotatable bonds is 9. The molecule has 11 heteroatoms. The Kier molecular flexibility index (Phi) is 11.5. The largest absolute Gasteiger partial charge is 0.396 e. The number of carbonyl (C=O) groups is 1. The van der Waals surface area contributed by atoms with Crippen LogP contribution in [0.1, 0.15) is 22.5 Å². The van der Waals surface area contributed by atoms with Crippen molar-refractivity contribution in [1.82, 2.24) is 19.9 Å². The molecule has 0 saturated heterocycles. The number of benzene rings is 1. The fourth-order valence-electron chi connectivity index (χ4n) is 3.33. The normalized spacial score (nSPS) is 10.1. The van der Waals surface area contributed by atoms with Crippen LogP contribution in [0.5, 0.6) is 0 Å². The number of pyridine rings is 1. The van der Waals surface area contributed by atoms with E-state index in [1.165, 1.54) is 11.7 Å². The summed E-state index contributed by atoms with van der Waals surface area (Å²) in [6.45, 7) is 2.48. The molecular weight excluding hydrogens is 479 g/mol. The van der Waals surface area contributed by atoms with Gasteiger partial charge in [0, 0.05) is 26.4 Å². The number of anilines is 2. The summed E-state index contributed by atoms with van der Waals surface area (Å²) >= 11 is 0. The number of amides is 1. The molecule has 1 aromatic carbocycles. The van der Waals surface area contributed by atoms with Crippen LogP contribution in [-0.4, -0.2) is 41.1 Å². The third kappa shape index (κ3) is 6.93. The molecule has 0 bridgehead atoms. The van der Waals surface area contributed by atoms with Crippen LogP contribution in [-0.2, 0) is 29.0 Å². The number of hydrogen-bond acceptors (Lipinski definition) is 7. The van der Waals surface area contributed by atoms with Gasteiger partial charge in [-0.15, -0.1) is 24.8 Å². The van der Waals surface area contributed by atoms with Gasteiger partial charge in [-0.05, 0) is 30.5 Å². The maximum absolute atomic E-state index is 13.3. The SMILES string of the molecule is CNC(=O)Cc1cc(N)c(-n2c(COC)cnc(NCCc3ccccc3)c2=O)nc1C.Cl.Cl. The molecule has 0 saturated carbocycles. The van der Waals surface area contributed by atoms with Crippen LogP contribution in [0.25, 0.3) is 5.82 Å². The average Bonchev–Trinajstić information content (AvgIpc) is 2.79. The van der Waals surface area contributed by atoms with Crippen LogP contribution < -0.4 is 21.9 Å². The smallest absolute Gasteiger partial charge is 0.299 e. The number of nitrogens with two attached hydrogens (primary N) is 1. The fourth-order valence-corrected chi connectivity index (χ4v) is 3.33. The van der Waals surface area contributed by atoms with Gasteiger partial charge < -0.3 is 21.1 Å². The van der Waals surface area contributed by atoms with Crippen LogP contribution in [0.2, 0.25) is 0 Å². The summed E-state index contributed by atoms with van der Waals surface area (Å²) in [4.78, 5) is 33.9. The summed E-state index contributed by atoms with van der Waals surface area (Å²) in [7, 11) is 3.11. The molecule has 0 unspecified atom stereocenters. The molecule has 4 N–H and O–H groups in total. The Morgan fingerprint density at radius 2 is 1.91 bits per heavy atom. The van der Waals surface area contributed by atoms with E-state index in [1.54, 1.807) is 26.2 Å². The minimum atomic E-state index is -0.370. The zero-order chi connectivity index (χ0) is 23.1. The number of likely N-dealkylation sites (N-methyl/N-ethyl adjacent to an activating group) is 1. The van der Waals surface area contributed by atoms with E-state index in [0.717, 1.165) is 12.0 Å². The first-order chi connectivity index (χ1) is 15.4. The van der Waals surface area contributed by atoms with Gasteiger partial charge in [0.05, 0.1) is 30.6 Å². The third-order valence-corrected chi connectivity index (χ3v) is 5.04. The molecule has 0 atom stereocenters. The molecule has 1 amide bonds. The van der Waals surface area contributed by atoms with Crippen molar-refractivity contribution in [1.29, 1.82) is 0 Å². The molecule has 2 heterocycles. The first-order valence-corrected chi connectivity index (χ1v) is 10.3. The van der Waals surface area contributed by atoms with Crippen molar-refractivity contribution in [3.8, 4) is 5.82 Å². The van der Waals surface area contributed by atoms with E-state index >= 15 is 0 Å². The lowest BCUT2D eigenvalue weighted by molar-refractivity contribution is -0.119. The molecule has 0 aliphatic rings. The summed E-state index contributed by atoms with van der Waals surface area (Å²) in [5.74, 6) is 0.343. The van der Waals surface area contributed by atoms with Crippen LogP contribution in [0.4, 0.5) is 11.5 Å². The molecule has 34 heavy (non-hydrogen) atoms. The zero-order valence-corrected chi connectivity index (χ0v) is 21.0. The number of ether oxygens (including phenoxy) is 1. The summed E-state index contributed by atoms with van der Waals surface area (Å²) in [6, 6.07) is 11.7. The monoisotopic (exact) mass is 508 g/mol. The molecule has 9 nitrogen and oxygen atoms in total. The van der Waals surface area contributed by atoms with E-state index < -0.39 is 0 Å². The Morgan fingerprint density at radius 1 is 1.21 bits per heavy atom. The number of carbonyl (C=O) groups excluding carboxylic acids is 1. The maximum atomic E-state index is 13.3. The highest BCUT2D eigenvalue weighted by atomic mass is 35.5. The number of methoxy groups -OCH3 is 1. The summed E-state index contributed by atoms with van der Waals surface area (Å²) < 4.78 is 6.65. The Balaban J connectivity index is 0.00000289. The van der Waals surface area contributed by atoms with Gasteiger partial charge in [-0.1, -0.05) is 30.3 Å². The van der Waals surface area contributed by atoms with Gasteiger partial charge in [-0.2, -0.15) is 0 Å². The third-order valence-electron chi connectivity index (χ3n) is 5.04.